The first-order valence-corrected chi connectivity index (χ1v) is 9.65. The van der Waals surface area contributed by atoms with E-state index in [2.05, 4.69) is 30.2 Å². The third-order valence-electron chi connectivity index (χ3n) is 4.08. The van der Waals surface area contributed by atoms with Crippen LogP contribution in [-0.4, -0.2) is 24.0 Å². The van der Waals surface area contributed by atoms with Gasteiger partial charge in [0.15, 0.2) is 0 Å². The van der Waals surface area contributed by atoms with Gasteiger partial charge < -0.3 is 10.1 Å². The van der Waals surface area contributed by atoms with Gasteiger partial charge in [-0.05, 0) is 48.6 Å². The molecule has 2 aromatic rings. The molecule has 1 aromatic heterocycles. The van der Waals surface area contributed by atoms with Crippen molar-refractivity contribution in [2.45, 2.75) is 46.0 Å². The largest absolute Gasteiger partial charge is 0.439 e. The number of imide groups is 1. The van der Waals surface area contributed by atoms with Crippen molar-refractivity contribution in [2.24, 2.45) is 0 Å². The maximum Gasteiger partial charge on any atom is 0.328 e. The summed E-state index contributed by atoms with van der Waals surface area (Å²) in [6, 6.07) is 10.1. The van der Waals surface area contributed by atoms with Crippen molar-refractivity contribution in [3.05, 3.63) is 47.7 Å². The van der Waals surface area contributed by atoms with Crippen molar-refractivity contribution in [2.75, 3.05) is 11.9 Å². The molecular formula is C22H26N4O3. The number of nitrogens with one attached hydrogen (secondary N) is 1. The maximum atomic E-state index is 11.8. The fourth-order valence-electron chi connectivity index (χ4n) is 2.66. The van der Waals surface area contributed by atoms with E-state index in [1.54, 1.807) is 24.3 Å². The number of urea groups is 1. The van der Waals surface area contributed by atoms with Crippen LogP contribution in [0.3, 0.4) is 0 Å². The van der Waals surface area contributed by atoms with E-state index in [1.165, 1.54) is 26.6 Å². The molecule has 1 aliphatic rings. The quantitative estimate of drug-likeness (QED) is 0.809. The van der Waals surface area contributed by atoms with Crippen LogP contribution in [0.1, 0.15) is 57.1 Å². The number of nitriles is 1. The molecule has 1 aliphatic carbocycles. The summed E-state index contributed by atoms with van der Waals surface area (Å²) < 4.78 is 5.87. The number of nitrogens with zero attached hydrogens (tertiary/aromatic N) is 3. The molecule has 0 aliphatic heterocycles. The SMILES string of the molecule is CCC.CNC(=O)N(C(C)=O)c1ccc(Oc2ccc(C#N)cc2C2CC2)nc1. The molecule has 0 bridgehead atoms. The summed E-state index contributed by atoms with van der Waals surface area (Å²) in [5, 5.41) is 11.5. The number of ether oxygens (including phenoxy) is 1. The molecule has 0 spiro atoms. The summed E-state index contributed by atoms with van der Waals surface area (Å²) in [7, 11) is 1.45. The predicted molar refractivity (Wildman–Crippen MR) is 111 cm³/mol. The van der Waals surface area contributed by atoms with Crippen molar-refractivity contribution in [1.29, 1.82) is 5.26 Å². The maximum absolute atomic E-state index is 11.8. The zero-order valence-corrected chi connectivity index (χ0v) is 17.2. The van der Waals surface area contributed by atoms with Gasteiger partial charge in [-0.1, -0.05) is 20.3 Å². The molecule has 7 nitrogen and oxygen atoms in total. The number of anilines is 1. The van der Waals surface area contributed by atoms with Gasteiger partial charge in [0.25, 0.3) is 0 Å². The Kier molecular flexibility index (Phi) is 7.72. The van der Waals surface area contributed by atoms with Gasteiger partial charge >= 0.3 is 6.03 Å². The second-order valence-electron chi connectivity index (χ2n) is 6.71. The van der Waals surface area contributed by atoms with Crippen LogP contribution in [0.5, 0.6) is 11.6 Å². The fourth-order valence-corrected chi connectivity index (χ4v) is 2.66. The van der Waals surface area contributed by atoms with Crippen LogP contribution < -0.4 is 15.0 Å². The van der Waals surface area contributed by atoms with Crippen LogP contribution in [0.4, 0.5) is 10.5 Å². The van der Waals surface area contributed by atoms with Crippen molar-refractivity contribution >= 4 is 17.6 Å². The molecule has 3 amide bonds. The number of rotatable bonds is 4. The lowest BCUT2D eigenvalue weighted by molar-refractivity contribution is -0.115. The molecule has 0 unspecified atom stereocenters. The number of hydrogen-bond acceptors (Lipinski definition) is 5. The molecule has 152 valence electrons. The third kappa shape index (κ3) is 5.79. The van der Waals surface area contributed by atoms with Crippen LogP contribution in [0.2, 0.25) is 0 Å². The summed E-state index contributed by atoms with van der Waals surface area (Å²) in [5.41, 5.74) is 1.96. The highest BCUT2D eigenvalue weighted by Crippen LogP contribution is 2.45. The monoisotopic (exact) mass is 394 g/mol. The van der Waals surface area contributed by atoms with Gasteiger partial charge in [-0.3, -0.25) is 4.79 Å². The Morgan fingerprint density at radius 3 is 2.45 bits per heavy atom. The van der Waals surface area contributed by atoms with E-state index in [-0.39, 0.29) is 0 Å². The van der Waals surface area contributed by atoms with Gasteiger partial charge in [0.05, 0.1) is 23.5 Å². The molecular weight excluding hydrogens is 368 g/mol. The van der Waals surface area contributed by atoms with E-state index in [0.29, 0.717) is 28.8 Å². The molecule has 1 heterocycles. The van der Waals surface area contributed by atoms with Crippen LogP contribution in [0.25, 0.3) is 0 Å². The lowest BCUT2D eigenvalue weighted by Crippen LogP contribution is -2.41. The van der Waals surface area contributed by atoms with E-state index < -0.39 is 11.9 Å². The van der Waals surface area contributed by atoms with Crippen molar-refractivity contribution < 1.29 is 14.3 Å². The van der Waals surface area contributed by atoms with E-state index in [1.807, 2.05) is 6.07 Å². The van der Waals surface area contributed by atoms with Gasteiger partial charge in [-0.25, -0.2) is 14.7 Å². The molecule has 1 aromatic carbocycles. The Morgan fingerprint density at radius 1 is 1.28 bits per heavy atom. The zero-order chi connectivity index (χ0) is 21.4. The minimum Gasteiger partial charge on any atom is -0.439 e. The Labute approximate surface area is 171 Å². The summed E-state index contributed by atoms with van der Waals surface area (Å²) in [6.45, 7) is 5.55. The standard InChI is InChI=1S/C19H18N4O3.C3H8/c1-12(24)23(19(25)21-2)15-6-8-18(22-11-15)26-17-7-3-13(10-20)9-16(17)14-4-5-14;1-3-2/h3,6-9,11,14H,4-5H2,1-2H3,(H,21,25);3H2,1-2H3. The third-order valence-corrected chi connectivity index (χ3v) is 4.08. The number of pyridine rings is 1. The second kappa shape index (κ2) is 10.2. The number of amides is 3. The summed E-state index contributed by atoms with van der Waals surface area (Å²) in [4.78, 5) is 28.7. The number of aromatic nitrogens is 1. The first-order valence-electron chi connectivity index (χ1n) is 9.65. The van der Waals surface area contributed by atoms with Crippen molar-refractivity contribution in [3.8, 4) is 17.7 Å². The van der Waals surface area contributed by atoms with E-state index in [4.69, 9.17) is 10.00 Å². The van der Waals surface area contributed by atoms with E-state index >= 15 is 0 Å². The number of benzene rings is 1. The molecule has 0 saturated heterocycles. The van der Waals surface area contributed by atoms with Gasteiger partial charge in [0.1, 0.15) is 5.75 Å². The highest BCUT2D eigenvalue weighted by molar-refractivity contribution is 6.13. The van der Waals surface area contributed by atoms with E-state index in [9.17, 15) is 9.59 Å². The van der Waals surface area contributed by atoms with Crippen molar-refractivity contribution in [1.82, 2.24) is 10.3 Å². The minimum atomic E-state index is -0.531. The minimum absolute atomic E-state index is 0.348. The summed E-state index contributed by atoms with van der Waals surface area (Å²) in [6.07, 6.45) is 4.82. The van der Waals surface area contributed by atoms with Crippen LogP contribution in [0, 0.1) is 11.3 Å². The van der Waals surface area contributed by atoms with Crippen LogP contribution >= 0.6 is 0 Å². The Hall–Kier alpha value is -3.40. The second-order valence-corrected chi connectivity index (χ2v) is 6.71. The zero-order valence-electron chi connectivity index (χ0n) is 17.2. The van der Waals surface area contributed by atoms with Crippen LogP contribution in [-0.2, 0) is 4.79 Å². The number of carbonyl (C=O) groups excluding carboxylic acids is 2. The highest BCUT2D eigenvalue weighted by Gasteiger charge is 2.27. The molecule has 3 rings (SSSR count). The Morgan fingerprint density at radius 2 is 1.97 bits per heavy atom. The number of hydrogen-bond donors (Lipinski definition) is 1. The average molecular weight is 394 g/mol. The lowest BCUT2D eigenvalue weighted by atomic mass is 10.1. The first-order chi connectivity index (χ1) is 13.9. The smallest absolute Gasteiger partial charge is 0.328 e. The van der Waals surface area contributed by atoms with Gasteiger partial charge in [-0.2, -0.15) is 5.26 Å². The van der Waals surface area contributed by atoms with Gasteiger partial charge in [0, 0.05) is 20.0 Å². The van der Waals surface area contributed by atoms with E-state index in [0.717, 1.165) is 23.3 Å². The van der Waals surface area contributed by atoms with Gasteiger partial charge in [0.2, 0.25) is 11.8 Å². The summed E-state index contributed by atoms with van der Waals surface area (Å²) in [5.74, 6) is 1.02. The normalized spacial score (nSPS) is 12.1. The topological polar surface area (TPSA) is 95.3 Å². The van der Waals surface area contributed by atoms with Gasteiger partial charge in [-0.15, -0.1) is 0 Å². The van der Waals surface area contributed by atoms with Crippen molar-refractivity contribution in [3.63, 3.8) is 0 Å². The summed E-state index contributed by atoms with van der Waals surface area (Å²) >= 11 is 0. The molecule has 0 radical (unpaired) electrons. The molecule has 0 atom stereocenters. The number of carbonyl (C=O) groups is 2. The molecule has 1 fully saturated rings. The fraction of sp³-hybridized carbons (Fsp3) is 0.364. The first kappa shape index (κ1) is 21.9. The predicted octanol–water partition coefficient (Wildman–Crippen LogP) is 4.73. The molecule has 7 heteroatoms. The Balaban J connectivity index is 0.000000941. The molecule has 1 saturated carbocycles. The molecule has 1 N–H and O–H groups in total. The molecule has 29 heavy (non-hydrogen) atoms. The highest BCUT2D eigenvalue weighted by atomic mass is 16.5. The lowest BCUT2D eigenvalue weighted by Gasteiger charge is -2.18. The Bertz CT molecular complexity index is 899. The van der Waals surface area contributed by atoms with Crippen LogP contribution in [0.15, 0.2) is 36.5 Å². The average Bonchev–Trinajstić information content (AvgIpc) is 3.55.